The van der Waals surface area contributed by atoms with Gasteiger partial charge in [0.2, 0.25) is 0 Å². The highest BCUT2D eigenvalue weighted by molar-refractivity contribution is 6.35. The Bertz CT molecular complexity index is 344. The van der Waals surface area contributed by atoms with Gasteiger partial charge in [0.05, 0.1) is 17.2 Å². The maximum Gasteiger partial charge on any atom is 0.156 e. The summed E-state index contributed by atoms with van der Waals surface area (Å²) in [6, 6.07) is 5.06. The molecule has 0 unspecified atom stereocenters. The smallest absolute Gasteiger partial charge is 0.156 e. The maximum atomic E-state index is 8.68. The molecule has 0 radical (unpaired) electrons. The SMILES string of the molecule is COc1c(Cl)ccc(Cl)c1C#N. The Balaban J connectivity index is 3.41. The van der Waals surface area contributed by atoms with Crippen molar-refractivity contribution in [2.24, 2.45) is 0 Å². The number of halogens is 2. The van der Waals surface area contributed by atoms with Gasteiger partial charge in [-0.3, -0.25) is 0 Å². The van der Waals surface area contributed by atoms with Crippen LogP contribution in [0, 0.1) is 11.3 Å². The maximum absolute atomic E-state index is 8.68. The van der Waals surface area contributed by atoms with E-state index in [2.05, 4.69) is 0 Å². The van der Waals surface area contributed by atoms with Crippen molar-refractivity contribution in [1.29, 1.82) is 5.26 Å². The van der Waals surface area contributed by atoms with Crippen molar-refractivity contribution in [3.8, 4) is 11.8 Å². The second-order valence-corrected chi connectivity index (χ2v) is 2.86. The summed E-state index contributed by atoms with van der Waals surface area (Å²) in [7, 11) is 1.44. The molecule has 0 heterocycles. The lowest BCUT2D eigenvalue weighted by Gasteiger charge is -2.05. The lowest BCUT2D eigenvalue weighted by molar-refractivity contribution is 0.414. The van der Waals surface area contributed by atoms with E-state index >= 15 is 0 Å². The molecule has 12 heavy (non-hydrogen) atoms. The number of benzene rings is 1. The highest BCUT2D eigenvalue weighted by atomic mass is 35.5. The number of ether oxygens (including phenoxy) is 1. The summed E-state index contributed by atoms with van der Waals surface area (Å²) in [5.74, 6) is 0.326. The first kappa shape index (κ1) is 9.18. The van der Waals surface area contributed by atoms with Crippen molar-refractivity contribution in [3.05, 3.63) is 27.7 Å². The number of nitriles is 1. The second-order valence-electron chi connectivity index (χ2n) is 2.05. The van der Waals surface area contributed by atoms with E-state index in [0.29, 0.717) is 15.8 Å². The van der Waals surface area contributed by atoms with Gasteiger partial charge in [0.15, 0.2) is 5.75 Å². The van der Waals surface area contributed by atoms with E-state index in [1.807, 2.05) is 6.07 Å². The molecule has 0 fully saturated rings. The van der Waals surface area contributed by atoms with Crippen molar-refractivity contribution >= 4 is 23.2 Å². The fraction of sp³-hybridized carbons (Fsp3) is 0.125. The van der Waals surface area contributed by atoms with Crippen molar-refractivity contribution in [1.82, 2.24) is 0 Å². The third-order valence-corrected chi connectivity index (χ3v) is 1.99. The Hall–Kier alpha value is -0.910. The molecule has 4 heteroatoms. The van der Waals surface area contributed by atoms with Gasteiger partial charge in [0.1, 0.15) is 11.6 Å². The van der Waals surface area contributed by atoms with Crippen LogP contribution in [-0.2, 0) is 0 Å². The predicted octanol–water partition coefficient (Wildman–Crippen LogP) is 2.87. The molecule has 2 nitrogen and oxygen atoms in total. The molecule has 1 aromatic carbocycles. The Morgan fingerprint density at radius 1 is 1.33 bits per heavy atom. The van der Waals surface area contributed by atoms with Crippen LogP contribution in [0.4, 0.5) is 0 Å². The highest BCUT2D eigenvalue weighted by Crippen LogP contribution is 2.32. The summed E-state index contributed by atoms with van der Waals surface area (Å²) in [5.41, 5.74) is 0.270. The molecule has 0 saturated carbocycles. The molecule has 1 rings (SSSR count). The molecular formula is C8H5Cl2NO. The zero-order chi connectivity index (χ0) is 9.14. The number of methoxy groups -OCH3 is 1. The first-order valence-electron chi connectivity index (χ1n) is 3.12. The van der Waals surface area contributed by atoms with Gasteiger partial charge in [0, 0.05) is 0 Å². The summed E-state index contributed by atoms with van der Waals surface area (Å²) in [5, 5.41) is 9.42. The minimum atomic E-state index is 0.270. The van der Waals surface area contributed by atoms with Crippen LogP contribution in [0.25, 0.3) is 0 Å². The van der Waals surface area contributed by atoms with E-state index in [0.717, 1.165) is 0 Å². The monoisotopic (exact) mass is 201 g/mol. The minimum Gasteiger partial charge on any atom is -0.494 e. The van der Waals surface area contributed by atoms with E-state index in [1.165, 1.54) is 7.11 Å². The molecule has 0 amide bonds. The lowest BCUT2D eigenvalue weighted by atomic mass is 10.2. The van der Waals surface area contributed by atoms with Gasteiger partial charge in [-0.05, 0) is 12.1 Å². The molecule has 0 aliphatic carbocycles. The van der Waals surface area contributed by atoms with Gasteiger partial charge in [-0.15, -0.1) is 0 Å². The Morgan fingerprint density at radius 3 is 2.33 bits per heavy atom. The molecule has 0 aliphatic rings. The molecule has 0 aliphatic heterocycles. The van der Waals surface area contributed by atoms with Crippen LogP contribution in [0.5, 0.6) is 5.75 Å². The molecular weight excluding hydrogens is 197 g/mol. The molecule has 0 bridgehead atoms. The summed E-state index contributed by atoms with van der Waals surface area (Å²) in [4.78, 5) is 0. The summed E-state index contributed by atoms with van der Waals surface area (Å²) >= 11 is 11.5. The van der Waals surface area contributed by atoms with Crippen molar-refractivity contribution in [2.75, 3.05) is 7.11 Å². The molecule has 0 atom stereocenters. The Labute approximate surface area is 80.3 Å². The van der Waals surface area contributed by atoms with Crippen LogP contribution in [0.2, 0.25) is 10.0 Å². The average molecular weight is 202 g/mol. The van der Waals surface area contributed by atoms with Gasteiger partial charge in [-0.25, -0.2) is 0 Å². The van der Waals surface area contributed by atoms with Crippen molar-refractivity contribution in [3.63, 3.8) is 0 Å². The third kappa shape index (κ3) is 1.47. The van der Waals surface area contributed by atoms with Gasteiger partial charge < -0.3 is 4.74 Å². The number of hydrogen-bond acceptors (Lipinski definition) is 2. The number of nitrogens with zero attached hydrogens (tertiary/aromatic N) is 1. The zero-order valence-electron chi connectivity index (χ0n) is 6.27. The normalized spacial score (nSPS) is 9.17. The van der Waals surface area contributed by atoms with E-state index < -0.39 is 0 Å². The van der Waals surface area contributed by atoms with Crippen LogP contribution in [0.1, 0.15) is 5.56 Å². The van der Waals surface area contributed by atoms with Gasteiger partial charge in [0.25, 0.3) is 0 Å². The van der Waals surface area contributed by atoms with Crippen molar-refractivity contribution in [2.45, 2.75) is 0 Å². The lowest BCUT2D eigenvalue weighted by Crippen LogP contribution is -1.89. The zero-order valence-corrected chi connectivity index (χ0v) is 7.78. The second kappa shape index (κ2) is 3.66. The molecule has 0 saturated heterocycles. The quantitative estimate of drug-likeness (QED) is 0.701. The first-order valence-corrected chi connectivity index (χ1v) is 3.88. The summed E-state index contributed by atoms with van der Waals surface area (Å²) in [6.07, 6.45) is 0. The standard InChI is InChI=1S/C8H5Cl2NO/c1-12-8-5(4-11)6(9)2-3-7(8)10/h2-3H,1H3. The average Bonchev–Trinajstić information content (AvgIpc) is 2.08. The van der Waals surface area contributed by atoms with E-state index in [-0.39, 0.29) is 5.56 Å². The molecule has 62 valence electrons. The van der Waals surface area contributed by atoms with Gasteiger partial charge >= 0.3 is 0 Å². The fourth-order valence-corrected chi connectivity index (χ4v) is 1.26. The molecule has 1 aromatic rings. The number of rotatable bonds is 1. The minimum absolute atomic E-state index is 0.270. The van der Waals surface area contributed by atoms with Crippen LogP contribution < -0.4 is 4.74 Å². The highest BCUT2D eigenvalue weighted by Gasteiger charge is 2.10. The molecule has 0 aromatic heterocycles. The third-order valence-electron chi connectivity index (χ3n) is 1.37. The fourth-order valence-electron chi connectivity index (χ4n) is 0.837. The Morgan fingerprint density at radius 2 is 1.92 bits per heavy atom. The van der Waals surface area contributed by atoms with Crippen LogP contribution in [0.3, 0.4) is 0 Å². The topological polar surface area (TPSA) is 33.0 Å². The summed E-state index contributed by atoms with van der Waals surface area (Å²) in [6.45, 7) is 0. The first-order chi connectivity index (χ1) is 5.70. The largest absolute Gasteiger partial charge is 0.494 e. The van der Waals surface area contributed by atoms with Gasteiger partial charge in [-0.2, -0.15) is 5.26 Å². The Kier molecular flexibility index (Phi) is 2.80. The van der Waals surface area contributed by atoms with Gasteiger partial charge in [-0.1, -0.05) is 23.2 Å². The van der Waals surface area contributed by atoms with Crippen LogP contribution in [0.15, 0.2) is 12.1 Å². The molecule has 0 spiro atoms. The predicted molar refractivity (Wildman–Crippen MR) is 47.7 cm³/mol. The molecule has 0 N–H and O–H groups in total. The summed E-state index contributed by atoms with van der Waals surface area (Å²) < 4.78 is 4.91. The van der Waals surface area contributed by atoms with Crippen LogP contribution in [-0.4, -0.2) is 7.11 Å². The van der Waals surface area contributed by atoms with E-state index in [1.54, 1.807) is 12.1 Å². The number of hydrogen-bond donors (Lipinski definition) is 0. The van der Waals surface area contributed by atoms with Crippen LogP contribution >= 0.6 is 23.2 Å². The van der Waals surface area contributed by atoms with Crippen molar-refractivity contribution < 1.29 is 4.74 Å². The van der Waals surface area contributed by atoms with E-state index in [9.17, 15) is 0 Å². The van der Waals surface area contributed by atoms with E-state index in [4.69, 9.17) is 33.2 Å².